The van der Waals surface area contributed by atoms with E-state index in [0.29, 0.717) is 31.7 Å². The van der Waals surface area contributed by atoms with Gasteiger partial charge in [0, 0.05) is 43.9 Å². The van der Waals surface area contributed by atoms with Gasteiger partial charge in [0.05, 0.1) is 11.3 Å². The predicted octanol–water partition coefficient (Wildman–Crippen LogP) is 3.42. The molecule has 1 atom stereocenters. The summed E-state index contributed by atoms with van der Waals surface area (Å²) < 4.78 is 38.2. The molecule has 0 bridgehead atoms. The van der Waals surface area contributed by atoms with Crippen LogP contribution in [0, 0.1) is 0 Å². The number of carbonyl (C=O) groups excluding carboxylic acids is 1. The molecule has 4 rings (SSSR count). The molecule has 2 aromatic heterocycles. The van der Waals surface area contributed by atoms with E-state index >= 15 is 0 Å². The number of anilines is 1. The summed E-state index contributed by atoms with van der Waals surface area (Å²) >= 11 is 0. The Kier molecular flexibility index (Phi) is 5.97. The first-order valence-electron chi connectivity index (χ1n) is 10.5. The van der Waals surface area contributed by atoms with Crippen LogP contribution in [-0.2, 0) is 30.2 Å². The first-order valence-corrected chi connectivity index (χ1v) is 10.5. The van der Waals surface area contributed by atoms with Crippen LogP contribution in [-0.4, -0.2) is 40.2 Å². The normalized spacial score (nSPS) is 19.4. The molecular weight excluding hydrogens is 395 g/mol. The third-order valence-corrected chi connectivity index (χ3v) is 5.92. The van der Waals surface area contributed by atoms with Crippen molar-refractivity contribution >= 4 is 11.7 Å². The summed E-state index contributed by atoms with van der Waals surface area (Å²) in [4.78, 5) is 18.4. The summed E-state index contributed by atoms with van der Waals surface area (Å²) in [6.45, 7) is 1.26. The molecule has 162 valence electrons. The van der Waals surface area contributed by atoms with E-state index in [9.17, 15) is 18.0 Å². The Labute approximate surface area is 173 Å². The van der Waals surface area contributed by atoms with Gasteiger partial charge in [-0.2, -0.15) is 18.3 Å². The smallest absolute Gasteiger partial charge is 0.355 e. The zero-order valence-electron chi connectivity index (χ0n) is 16.8. The molecular formula is C21H26F3N5O. The molecule has 0 radical (unpaired) electrons. The van der Waals surface area contributed by atoms with Gasteiger partial charge in [0.2, 0.25) is 5.91 Å². The van der Waals surface area contributed by atoms with E-state index in [1.165, 1.54) is 30.2 Å². The molecule has 1 fully saturated rings. The van der Waals surface area contributed by atoms with Gasteiger partial charge in [0.1, 0.15) is 5.82 Å². The number of alkyl halides is 3. The van der Waals surface area contributed by atoms with E-state index < -0.39 is 11.7 Å². The lowest BCUT2D eigenvalue weighted by Gasteiger charge is -2.34. The monoisotopic (exact) mass is 421 g/mol. The Bertz CT molecular complexity index is 878. The average Bonchev–Trinajstić information content (AvgIpc) is 3.15. The second-order valence-corrected chi connectivity index (χ2v) is 8.09. The number of amides is 1. The zero-order valence-corrected chi connectivity index (χ0v) is 16.8. The number of rotatable bonds is 5. The number of hydrogen-bond donors (Lipinski definition) is 2. The molecule has 1 amide bonds. The molecule has 0 spiro atoms. The number of carbonyl (C=O) groups is 1. The van der Waals surface area contributed by atoms with Crippen LogP contribution in [0.3, 0.4) is 0 Å². The minimum atomic E-state index is -4.39. The maximum absolute atomic E-state index is 12.7. The summed E-state index contributed by atoms with van der Waals surface area (Å²) in [6.07, 6.45) is 3.58. The van der Waals surface area contributed by atoms with Crippen molar-refractivity contribution in [1.82, 2.24) is 20.5 Å². The number of H-pyrrole nitrogens is 1. The minimum absolute atomic E-state index is 0.0187. The molecule has 1 aliphatic carbocycles. The Morgan fingerprint density at radius 1 is 1.23 bits per heavy atom. The fourth-order valence-corrected chi connectivity index (χ4v) is 4.33. The lowest BCUT2D eigenvalue weighted by Crippen LogP contribution is -2.48. The number of hydrogen-bond acceptors (Lipinski definition) is 4. The van der Waals surface area contributed by atoms with Crippen LogP contribution in [0.1, 0.15) is 54.6 Å². The summed E-state index contributed by atoms with van der Waals surface area (Å²) in [7, 11) is 0. The Morgan fingerprint density at radius 3 is 2.83 bits per heavy atom. The molecule has 9 heteroatoms. The van der Waals surface area contributed by atoms with Crippen LogP contribution in [0.2, 0.25) is 0 Å². The maximum Gasteiger partial charge on any atom is 0.417 e. The molecule has 30 heavy (non-hydrogen) atoms. The molecule has 2 N–H and O–H groups in total. The summed E-state index contributed by atoms with van der Waals surface area (Å²) in [5, 5.41) is 10.6. The van der Waals surface area contributed by atoms with E-state index in [1.54, 1.807) is 0 Å². The number of nitrogens with zero attached hydrogens (tertiary/aromatic N) is 3. The molecule has 1 unspecified atom stereocenters. The van der Waals surface area contributed by atoms with Crippen LogP contribution in [0.25, 0.3) is 0 Å². The number of fused-ring (bicyclic) bond motifs is 1. The zero-order chi connectivity index (χ0) is 21.1. The summed E-state index contributed by atoms with van der Waals surface area (Å²) in [5.41, 5.74) is 2.74. The van der Waals surface area contributed by atoms with Crippen molar-refractivity contribution in [2.24, 2.45) is 0 Å². The second-order valence-electron chi connectivity index (χ2n) is 8.09. The first-order chi connectivity index (χ1) is 14.4. The average molecular weight is 421 g/mol. The number of aromatic amines is 1. The van der Waals surface area contributed by atoms with E-state index in [1.807, 2.05) is 4.90 Å². The van der Waals surface area contributed by atoms with Gasteiger partial charge in [-0.15, -0.1) is 0 Å². The van der Waals surface area contributed by atoms with Crippen LogP contribution >= 0.6 is 0 Å². The van der Waals surface area contributed by atoms with Gasteiger partial charge < -0.3 is 10.2 Å². The van der Waals surface area contributed by atoms with Crippen molar-refractivity contribution in [3.05, 3.63) is 40.8 Å². The predicted molar refractivity (Wildman–Crippen MR) is 106 cm³/mol. The van der Waals surface area contributed by atoms with E-state index in [-0.39, 0.29) is 11.9 Å². The van der Waals surface area contributed by atoms with E-state index in [4.69, 9.17) is 0 Å². The highest BCUT2D eigenvalue weighted by Gasteiger charge is 2.31. The standard InChI is InChI=1S/C21H26F3N5O/c22-21(23,24)14-7-9-19(25-12-14)29-11-3-4-15(13-29)26-20(30)10-8-18-16-5-1-2-6-17(16)27-28-18/h7,9,12,15H,1-6,8,10-11,13H2,(H,26,30)(H,27,28). The number of nitrogens with one attached hydrogen (secondary N) is 2. The Morgan fingerprint density at radius 2 is 2.07 bits per heavy atom. The van der Waals surface area contributed by atoms with Crippen LogP contribution < -0.4 is 10.2 Å². The van der Waals surface area contributed by atoms with Crippen molar-refractivity contribution in [1.29, 1.82) is 0 Å². The van der Waals surface area contributed by atoms with Gasteiger partial charge in [-0.25, -0.2) is 4.98 Å². The third-order valence-electron chi connectivity index (χ3n) is 5.92. The summed E-state index contributed by atoms with van der Waals surface area (Å²) in [5.74, 6) is 0.486. The minimum Gasteiger partial charge on any atom is -0.355 e. The van der Waals surface area contributed by atoms with Gasteiger partial charge in [0.15, 0.2) is 0 Å². The molecule has 0 saturated carbocycles. The number of aryl methyl sites for hydroxylation is 2. The van der Waals surface area contributed by atoms with Gasteiger partial charge in [-0.3, -0.25) is 9.89 Å². The third kappa shape index (κ3) is 4.76. The van der Waals surface area contributed by atoms with E-state index in [2.05, 4.69) is 20.5 Å². The number of piperidine rings is 1. The highest BCUT2D eigenvalue weighted by atomic mass is 19.4. The molecule has 1 saturated heterocycles. The fourth-order valence-electron chi connectivity index (χ4n) is 4.33. The lowest BCUT2D eigenvalue weighted by molar-refractivity contribution is -0.137. The van der Waals surface area contributed by atoms with Crippen molar-refractivity contribution in [3.63, 3.8) is 0 Å². The van der Waals surface area contributed by atoms with E-state index in [0.717, 1.165) is 43.6 Å². The van der Waals surface area contributed by atoms with Gasteiger partial charge in [-0.1, -0.05) is 0 Å². The lowest BCUT2D eigenvalue weighted by atomic mass is 9.94. The quantitative estimate of drug-likeness (QED) is 0.776. The first kappa shape index (κ1) is 20.7. The molecule has 3 heterocycles. The number of pyridine rings is 1. The fraction of sp³-hybridized carbons (Fsp3) is 0.571. The molecule has 2 aromatic rings. The highest BCUT2D eigenvalue weighted by Crippen LogP contribution is 2.30. The Balaban J connectivity index is 1.29. The van der Waals surface area contributed by atoms with Crippen molar-refractivity contribution in [2.45, 2.75) is 63.6 Å². The van der Waals surface area contributed by atoms with Crippen LogP contribution in [0.4, 0.5) is 19.0 Å². The Hall–Kier alpha value is -2.58. The maximum atomic E-state index is 12.7. The van der Waals surface area contributed by atoms with Gasteiger partial charge >= 0.3 is 6.18 Å². The van der Waals surface area contributed by atoms with Gasteiger partial charge in [-0.05, 0) is 56.2 Å². The summed E-state index contributed by atoms with van der Waals surface area (Å²) in [6, 6.07) is 2.41. The molecule has 6 nitrogen and oxygen atoms in total. The van der Waals surface area contributed by atoms with Crippen LogP contribution in [0.15, 0.2) is 18.3 Å². The molecule has 0 aromatic carbocycles. The van der Waals surface area contributed by atoms with Crippen molar-refractivity contribution in [3.8, 4) is 0 Å². The highest BCUT2D eigenvalue weighted by molar-refractivity contribution is 5.76. The topological polar surface area (TPSA) is 73.9 Å². The van der Waals surface area contributed by atoms with Crippen molar-refractivity contribution < 1.29 is 18.0 Å². The number of halogens is 3. The van der Waals surface area contributed by atoms with Crippen molar-refractivity contribution in [2.75, 3.05) is 18.0 Å². The second kappa shape index (κ2) is 8.65. The SMILES string of the molecule is O=C(CCc1n[nH]c2c1CCCC2)NC1CCCN(c2ccc(C(F)(F)F)cn2)C1. The largest absolute Gasteiger partial charge is 0.417 e. The molecule has 2 aliphatic rings. The molecule has 1 aliphatic heterocycles. The number of aromatic nitrogens is 3. The van der Waals surface area contributed by atoms with Gasteiger partial charge in [0.25, 0.3) is 0 Å². The van der Waals surface area contributed by atoms with Crippen LogP contribution in [0.5, 0.6) is 0 Å².